The Balaban J connectivity index is 1.66. The van der Waals surface area contributed by atoms with Crippen molar-refractivity contribution in [2.75, 3.05) is 13.7 Å². The molecule has 3 aromatic rings. The molecule has 0 amide bonds. The molecule has 1 aliphatic rings. The first-order chi connectivity index (χ1) is 13.7. The van der Waals surface area contributed by atoms with Gasteiger partial charge in [0.2, 0.25) is 0 Å². The minimum absolute atomic E-state index is 0.100. The number of H-pyrrole nitrogens is 1. The summed E-state index contributed by atoms with van der Waals surface area (Å²) in [4.78, 5) is 26.6. The van der Waals surface area contributed by atoms with Crippen LogP contribution in [0.5, 0.6) is 5.75 Å². The zero-order valence-electron chi connectivity index (χ0n) is 16.0. The predicted molar refractivity (Wildman–Crippen MR) is 108 cm³/mol. The third-order valence-corrected chi connectivity index (χ3v) is 5.19. The maximum Gasteiger partial charge on any atom is 0.251 e. The molecule has 1 aliphatic heterocycles. The van der Waals surface area contributed by atoms with Gasteiger partial charge in [0.15, 0.2) is 5.82 Å². The highest BCUT2D eigenvalue weighted by Crippen LogP contribution is 2.32. The predicted octanol–water partition coefficient (Wildman–Crippen LogP) is 3.57. The summed E-state index contributed by atoms with van der Waals surface area (Å²) < 4.78 is 5.52. The Hall–Kier alpha value is -2.99. The Bertz CT molecular complexity index is 987. The van der Waals surface area contributed by atoms with Gasteiger partial charge in [-0.05, 0) is 37.6 Å². The second kappa shape index (κ2) is 8.35. The van der Waals surface area contributed by atoms with Gasteiger partial charge < -0.3 is 9.72 Å². The van der Waals surface area contributed by atoms with E-state index in [4.69, 9.17) is 9.72 Å². The van der Waals surface area contributed by atoms with Gasteiger partial charge in [-0.15, -0.1) is 0 Å². The lowest BCUT2D eigenvalue weighted by Crippen LogP contribution is -2.34. The highest BCUT2D eigenvalue weighted by Gasteiger charge is 2.26. The Morgan fingerprint density at radius 3 is 2.86 bits per heavy atom. The van der Waals surface area contributed by atoms with E-state index >= 15 is 0 Å². The molecule has 6 heteroatoms. The van der Waals surface area contributed by atoms with E-state index in [0.717, 1.165) is 49.4 Å². The molecule has 3 heterocycles. The largest absolute Gasteiger partial charge is 0.496 e. The molecule has 0 aliphatic carbocycles. The van der Waals surface area contributed by atoms with Crippen molar-refractivity contribution in [1.29, 1.82) is 0 Å². The fourth-order valence-corrected chi connectivity index (χ4v) is 3.84. The van der Waals surface area contributed by atoms with Gasteiger partial charge in [0.25, 0.3) is 5.56 Å². The number of hydrogen-bond donors (Lipinski definition) is 1. The van der Waals surface area contributed by atoms with Crippen LogP contribution in [0.1, 0.15) is 36.6 Å². The average Bonchev–Trinajstić information content (AvgIpc) is 2.75. The molecular formula is C22H24N4O2. The number of hydrogen-bond acceptors (Lipinski definition) is 5. The molecule has 0 unspecified atom stereocenters. The van der Waals surface area contributed by atoms with Crippen molar-refractivity contribution < 1.29 is 4.74 Å². The van der Waals surface area contributed by atoms with Crippen LogP contribution in [0.25, 0.3) is 11.5 Å². The van der Waals surface area contributed by atoms with E-state index in [9.17, 15) is 4.79 Å². The van der Waals surface area contributed by atoms with E-state index in [2.05, 4.69) is 20.9 Å². The molecule has 1 atom stereocenters. The van der Waals surface area contributed by atoms with Gasteiger partial charge in [-0.25, -0.2) is 4.98 Å². The maximum absolute atomic E-state index is 12.3. The first-order valence-electron chi connectivity index (χ1n) is 9.63. The topological polar surface area (TPSA) is 71.1 Å². The molecule has 1 saturated heterocycles. The number of benzene rings is 1. The van der Waals surface area contributed by atoms with Gasteiger partial charge in [-0.2, -0.15) is 0 Å². The summed E-state index contributed by atoms with van der Waals surface area (Å²) in [5.74, 6) is 1.41. The van der Waals surface area contributed by atoms with Crippen molar-refractivity contribution in [1.82, 2.24) is 19.9 Å². The summed E-state index contributed by atoms with van der Waals surface area (Å²) in [6.07, 6.45) is 4.95. The summed E-state index contributed by atoms with van der Waals surface area (Å²) >= 11 is 0. The quantitative estimate of drug-likeness (QED) is 0.737. The second-order valence-corrected chi connectivity index (χ2v) is 7.03. The standard InChI is InChI=1S/C22H24N4O2/c1-28-20-11-3-2-8-16(20)15-26-13-7-5-10-19(26)18-14-21(27)25-22(24-18)17-9-4-6-12-23-17/h2-4,6,8-9,11-12,14,19H,5,7,10,13,15H2,1H3,(H,24,25,27)/t19-/m1/s1. The van der Waals surface area contributed by atoms with E-state index in [1.165, 1.54) is 0 Å². The molecule has 28 heavy (non-hydrogen) atoms. The number of para-hydroxylation sites is 1. The summed E-state index contributed by atoms with van der Waals surface area (Å²) in [7, 11) is 1.70. The van der Waals surface area contributed by atoms with Crippen LogP contribution in [0.3, 0.4) is 0 Å². The number of nitrogens with one attached hydrogen (secondary N) is 1. The number of likely N-dealkylation sites (tertiary alicyclic amines) is 1. The third kappa shape index (κ3) is 3.97. The number of aromatic amines is 1. The van der Waals surface area contributed by atoms with Crippen LogP contribution in [-0.2, 0) is 6.54 Å². The van der Waals surface area contributed by atoms with Crippen molar-refractivity contribution in [3.05, 3.63) is 76.3 Å². The molecule has 144 valence electrons. The highest BCUT2D eigenvalue weighted by atomic mass is 16.5. The Labute approximate surface area is 164 Å². The molecule has 0 saturated carbocycles. The van der Waals surface area contributed by atoms with Crippen LogP contribution in [0.4, 0.5) is 0 Å². The lowest BCUT2D eigenvalue weighted by atomic mass is 9.98. The molecule has 0 bridgehead atoms. The Morgan fingerprint density at radius 1 is 1.18 bits per heavy atom. The molecule has 6 nitrogen and oxygen atoms in total. The number of methoxy groups -OCH3 is 1. The van der Waals surface area contributed by atoms with Crippen LogP contribution in [0, 0.1) is 0 Å². The van der Waals surface area contributed by atoms with Crippen molar-refractivity contribution in [2.24, 2.45) is 0 Å². The second-order valence-electron chi connectivity index (χ2n) is 7.03. The number of rotatable bonds is 5. The van der Waals surface area contributed by atoms with Crippen molar-refractivity contribution in [3.8, 4) is 17.3 Å². The van der Waals surface area contributed by atoms with Crippen LogP contribution in [0.15, 0.2) is 59.5 Å². The van der Waals surface area contributed by atoms with Gasteiger partial charge in [0, 0.05) is 24.4 Å². The molecule has 0 spiro atoms. The molecule has 1 fully saturated rings. The molecule has 0 radical (unpaired) electrons. The number of ether oxygens (including phenoxy) is 1. The summed E-state index contributed by atoms with van der Waals surface area (Å²) in [5.41, 5.74) is 2.48. The molecule has 1 N–H and O–H groups in total. The van der Waals surface area contributed by atoms with E-state index < -0.39 is 0 Å². The average molecular weight is 376 g/mol. The van der Waals surface area contributed by atoms with Gasteiger partial charge in [-0.1, -0.05) is 30.7 Å². The fraction of sp³-hybridized carbons (Fsp3) is 0.318. The fourth-order valence-electron chi connectivity index (χ4n) is 3.84. The van der Waals surface area contributed by atoms with Gasteiger partial charge in [-0.3, -0.25) is 14.7 Å². The third-order valence-electron chi connectivity index (χ3n) is 5.19. The highest BCUT2D eigenvalue weighted by molar-refractivity contribution is 5.48. The number of piperidine rings is 1. The monoisotopic (exact) mass is 376 g/mol. The van der Waals surface area contributed by atoms with Gasteiger partial charge >= 0.3 is 0 Å². The van der Waals surface area contributed by atoms with Crippen LogP contribution >= 0.6 is 0 Å². The summed E-state index contributed by atoms with van der Waals surface area (Å²) in [5, 5.41) is 0. The summed E-state index contributed by atoms with van der Waals surface area (Å²) in [6, 6.07) is 15.4. The van der Waals surface area contributed by atoms with E-state index in [0.29, 0.717) is 11.5 Å². The molecule has 4 rings (SSSR count). The Morgan fingerprint density at radius 2 is 2.04 bits per heavy atom. The number of aromatic nitrogens is 3. The number of pyridine rings is 1. The van der Waals surface area contributed by atoms with Crippen LogP contribution in [-0.4, -0.2) is 33.5 Å². The van der Waals surface area contributed by atoms with E-state index in [1.807, 2.05) is 36.4 Å². The number of nitrogens with zero attached hydrogens (tertiary/aromatic N) is 3. The SMILES string of the molecule is COc1ccccc1CN1CCCC[C@@H]1c1cc(=O)[nH]c(-c2ccccn2)n1. The van der Waals surface area contributed by atoms with E-state index in [-0.39, 0.29) is 11.6 Å². The normalized spacial score (nSPS) is 17.4. The van der Waals surface area contributed by atoms with Crippen molar-refractivity contribution >= 4 is 0 Å². The Kier molecular flexibility index (Phi) is 5.48. The van der Waals surface area contributed by atoms with Crippen LogP contribution < -0.4 is 10.3 Å². The zero-order chi connectivity index (χ0) is 19.3. The first-order valence-corrected chi connectivity index (χ1v) is 9.63. The van der Waals surface area contributed by atoms with Gasteiger partial charge in [0.1, 0.15) is 11.4 Å². The zero-order valence-corrected chi connectivity index (χ0v) is 16.0. The minimum Gasteiger partial charge on any atom is -0.496 e. The molecular weight excluding hydrogens is 352 g/mol. The summed E-state index contributed by atoms with van der Waals surface area (Å²) in [6.45, 7) is 1.73. The molecule has 2 aromatic heterocycles. The van der Waals surface area contributed by atoms with E-state index in [1.54, 1.807) is 19.4 Å². The van der Waals surface area contributed by atoms with Crippen molar-refractivity contribution in [2.45, 2.75) is 31.8 Å². The van der Waals surface area contributed by atoms with Crippen molar-refractivity contribution in [3.63, 3.8) is 0 Å². The smallest absolute Gasteiger partial charge is 0.251 e. The minimum atomic E-state index is -0.145. The lowest BCUT2D eigenvalue weighted by Gasteiger charge is -2.35. The molecule has 1 aromatic carbocycles. The first kappa shape index (κ1) is 18.4. The van der Waals surface area contributed by atoms with Gasteiger partial charge in [0.05, 0.1) is 18.8 Å². The van der Waals surface area contributed by atoms with Crippen LogP contribution in [0.2, 0.25) is 0 Å². The lowest BCUT2D eigenvalue weighted by molar-refractivity contribution is 0.136. The maximum atomic E-state index is 12.3.